The lowest BCUT2D eigenvalue weighted by atomic mass is 10.1. The lowest BCUT2D eigenvalue weighted by Gasteiger charge is -2.16. The van der Waals surface area contributed by atoms with Crippen LogP contribution in [-0.4, -0.2) is 22.2 Å². The largest absolute Gasteiger partial charge is 0.418 e. The predicted octanol–water partition coefficient (Wildman–Crippen LogP) is 5.87. The Bertz CT molecular complexity index is 1180. The zero-order chi connectivity index (χ0) is 23.4. The molecule has 5 nitrogen and oxygen atoms in total. The quantitative estimate of drug-likeness (QED) is 0.508. The third kappa shape index (κ3) is 5.25. The van der Waals surface area contributed by atoms with Gasteiger partial charge >= 0.3 is 6.18 Å². The summed E-state index contributed by atoms with van der Waals surface area (Å²) in [6, 6.07) is 22.7. The Morgan fingerprint density at radius 2 is 1.55 bits per heavy atom. The highest BCUT2D eigenvalue weighted by Crippen LogP contribution is 2.37. The molecule has 2 amide bonds. The zero-order valence-corrected chi connectivity index (χ0v) is 17.9. The lowest BCUT2D eigenvalue weighted by molar-refractivity contribution is -0.137. The summed E-state index contributed by atoms with van der Waals surface area (Å²) in [5, 5.41) is 1.87. The molecule has 0 aliphatic carbocycles. The summed E-state index contributed by atoms with van der Waals surface area (Å²) in [4.78, 5) is 31.8. The Hall–Kier alpha value is -3.59. The molecule has 3 aromatic carbocycles. The van der Waals surface area contributed by atoms with Gasteiger partial charge in [-0.2, -0.15) is 13.2 Å². The molecule has 1 N–H and O–H groups in total. The number of hydrogen-bond donors (Lipinski definition) is 1. The second-order valence-electron chi connectivity index (χ2n) is 7.14. The van der Waals surface area contributed by atoms with Crippen LogP contribution in [0.1, 0.15) is 12.0 Å². The summed E-state index contributed by atoms with van der Waals surface area (Å²) in [5.74, 6) is -1.05. The molecular formula is C24H18F3N3O2S. The normalized spacial score (nSPS) is 17.4. The van der Waals surface area contributed by atoms with Crippen molar-refractivity contribution in [3.05, 3.63) is 90.5 Å². The lowest BCUT2D eigenvalue weighted by Crippen LogP contribution is -2.33. The van der Waals surface area contributed by atoms with Gasteiger partial charge in [-0.1, -0.05) is 60.3 Å². The first-order chi connectivity index (χ1) is 15.8. The van der Waals surface area contributed by atoms with Crippen molar-refractivity contribution in [3.8, 4) is 0 Å². The van der Waals surface area contributed by atoms with Gasteiger partial charge in [0.1, 0.15) is 5.25 Å². The third-order valence-corrected chi connectivity index (χ3v) is 5.94. The van der Waals surface area contributed by atoms with E-state index < -0.39 is 22.9 Å². The number of hydrogen-bond acceptors (Lipinski definition) is 4. The number of benzene rings is 3. The van der Waals surface area contributed by atoms with Gasteiger partial charge in [-0.05, 0) is 36.4 Å². The van der Waals surface area contributed by atoms with Crippen molar-refractivity contribution in [2.24, 2.45) is 4.99 Å². The molecule has 1 aliphatic rings. The topological polar surface area (TPSA) is 61.8 Å². The summed E-state index contributed by atoms with van der Waals surface area (Å²) >= 11 is 1.11. The molecule has 0 saturated carbocycles. The highest BCUT2D eigenvalue weighted by Gasteiger charge is 2.40. The van der Waals surface area contributed by atoms with Gasteiger partial charge in [0, 0.05) is 6.42 Å². The molecular weight excluding hydrogens is 451 g/mol. The van der Waals surface area contributed by atoms with Crippen molar-refractivity contribution in [3.63, 3.8) is 0 Å². The molecule has 1 atom stereocenters. The van der Waals surface area contributed by atoms with Crippen molar-refractivity contribution in [2.45, 2.75) is 17.8 Å². The minimum Gasteiger partial charge on any atom is -0.325 e. The molecule has 1 heterocycles. The molecule has 1 fully saturated rings. The molecule has 1 aliphatic heterocycles. The van der Waals surface area contributed by atoms with Crippen LogP contribution in [0.25, 0.3) is 0 Å². The number of carbonyl (C=O) groups excluding carboxylic acids is 2. The van der Waals surface area contributed by atoms with Crippen LogP contribution in [0.2, 0.25) is 0 Å². The SMILES string of the molecule is O=C(CC1SC(=Nc2ccccc2)N(c2ccccc2)C1=O)Nc1ccccc1C(F)(F)F. The average Bonchev–Trinajstić information content (AvgIpc) is 3.09. The first kappa shape index (κ1) is 22.6. The molecule has 0 bridgehead atoms. The number of rotatable bonds is 5. The van der Waals surface area contributed by atoms with Gasteiger partial charge in [-0.25, -0.2) is 4.99 Å². The van der Waals surface area contributed by atoms with Crippen LogP contribution in [0, 0.1) is 0 Å². The van der Waals surface area contributed by atoms with Gasteiger partial charge in [0.2, 0.25) is 11.8 Å². The average molecular weight is 469 g/mol. The van der Waals surface area contributed by atoms with E-state index in [1.807, 2.05) is 24.3 Å². The molecule has 4 rings (SSSR count). The first-order valence-corrected chi connectivity index (χ1v) is 10.9. The fourth-order valence-corrected chi connectivity index (χ4v) is 4.46. The van der Waals surface area contributed by atoms with Crippen molar-refractivity contribution in [1.29, 1.82) is 0 Å². The summed E-state index contributed by atoms with van der Waals surface area (Å²) < 4.78 is 39.7. The van der Waals surface area contributed by atoms with Gasteiger partial charge < -0.3 is 5.32 Å². The van der Waals surface area contributed by atoms with Gasteiger partial charge in [0.25, 0.3) is 0 Å². The maximum atomic E-state index is 13.2. The highest BCUT2D eigenvalue weighted by molar-refractivity contribution is 8.16. The maximum Gasteiger partial charge on any atom is 0.418 e. The molecule has 1 saturated heterocycles. The molecule has 1 unspecified atom stereocenters. The fourth-order valence-electron chi connectivity index (χ4n) is 3.31. The van der Waals surface area contributed by atoms with E-state index in [-0.39, 0.29) is 18.0 Å². The second kappa shape index (κ2) is 9.50. The minimum absolute atomic E-state index is 0.299. The van der Waals surface area contributed by atoms with Crippen molar-refractivity contribution in [1.82, 2.24) is 0 Å². The van der Waals surface area contributed by atoms with Crippen LogP contribution in [0.3, 0.4) is 0 Å². The Morgan fingerprint density at radius 1 is 0.939 bits per heavy atom. The van der Waals surface area contributed by atoms with Crippen molar-refractivity contribution < 1.29 is 22.8 Å². The number of aliphatic imine (C=N–C) groups is 1. The Kier molecular flexibility index (Phi) is 6.50. The van der Waals surface area contributed by atoms with E-state index in [4.69, 9.17) is 0 Å². The van der Waals surface area contributed by atoms with Crippen LogP contribution in [-0.2, 0) is 15.8 Å². The molecule has 168 valence electrons. The number of carbonyl (C=O) groups is 2. The number of amides is 2. The van der Waals surface area contributed by atoms with E-state index in [9.17, 15) is 22.8 Å². The van der Waals surface area contributed by atoms with Crippen molar-refractivity contribution >= 4 is 45.8 Å². The van der Waals surface area contributed by atoms with E-state index in [2.05, 4.69) is 10.3 Å². The van der Waals surface area contributed by atoms with Crippen molar-refractivity contribution in [2.75, 3.05) is 10.2 Å². The van der Waals surface area contributed by atoms with E-state index in [0.717, 1.165) is 17.8 Å². The molecule has 33 heavy (non-hydrogen) atoms. The van der Waals surface area contributed by atoms with E-state index in [1.54, 1.807) is 36.4 Å². The van der Waals surface area contributed by atoms with Gasteiger partial charge in [-0.15, -0.1) is 0 Å². The molecule has 0 radical (unpaired) electrons. The molecule has 3 aromatic rings. The Morgan fingerprint density at radius 3 is 2.21 bits per heavy atom. The standard InChI is InChI=1S/C24H18F3N3O2S/c25-24(26,27)18-13-7-8-14-19(18)29-21(31)15-20-22(32)30(17-11-5-2-6-12-17)23(33-20)28-16-9-3-1-4-10-16/h1-14,20H,15H2,(H,29,31). The second-order valence-corrected chi connectivity index (χ2v) is 8.31. The summed E-state index contributed by atoms with van der Waals surface area (Å²) in [6.07, 6.45) is -4.91. The smallest absolute Gasteiger partial charge is 0.325 e. The van der Waals surface area contributed by atoms with E-state index in [0.29, 0.717) is 16.5 Å². The van der Waals surface area contributed by atoms with Crippen LogP contribution in [0.4, 0.5) is 30.2 Å². The van der Waals surface area contributed by atoms with Crippen LogP contribution < -0.4 is 10.2 Å². The number of nitrogens with one attached hydrogen (secondary N) is 1. The van der Waals surface area contributed by atoms with E-state index >= 15 is 0 Å². The third-order valence-electron chi connectivity index (χ3n) is 4.81. The first-order valence-electron chi connectivity index (χ1n) is 9.98. The summed E-state index contributed by atoms with van der Waals surface area (Å²) in [6.45, 7) is 0. The predicted molar refractivity (Wildman–Crippen MR) is 124 cm³/mol. The molecule has 0 spiro atoms. The number of nitrogens with zero attached hydrogens (tertiary/aromatic N) is 2. The number of para-hydroxylation sites is 3. The summed E-state index contributed by atoms with van der Waals surface area (Å²) in [7, 11) is 0. The van der Waals surface area contributed by atoms with Gasteiger partial charge in [0.15, 0.2) is 5.17 Å². The Labute approximate surface area is 192 Å². The van der Waals surface area contributed by atoms with Crippen LogP contribution in [0.15, 0.2) is 89.9 Å². The van der Waals surface area contributed by atoms with Crippen LogP contribution in [0.5, 0.6) is 0 Å². The number of alkyl halides is 3. The number of anilines is 2. The zero-order valence-electron chi connectivity index (χ0n) is 17.1. The Balaban J connectivity index is 1.57. The van der Waals surface area contributed by atoms with Gasteiger partial charge in [-0.3, -0.25) is 14.5 Å². The maximum absolute atomic E-state index is 13.2. The molecule has 0 aromatic heterocycles. The molecule has 9 heteroatoms. The highest BCUT2D eigenvalue weighted by atomic mass is 32.2. The fraction of sp³-hybridized carbons (Fsp3) is 0.125. The monoisotopic (exact) mass is 469 g/mol. The number of thioether (sulfide) groups is 1. The minimum atomic E-state index is -4.61. The van der Waals surface area contributed by atoms with Gasteiger partial charge in [0.05, 0.1) is 22.6 Å². The van der Waals surface area contributed by atoms with E-state index in [1.165, 1.54) is 23.1 Å². The van der Waals surface area contributed by atoms with Crippen LogP contribution >= 0.6 is 11.8 Å². The number of amidine groups is 1. The number of halogens is 3. The summed E-state index contributed by atoms with van der Waals surface area (Å²) in [5.41, 5.74) is -0.0579.